The molecule has 1 saturated heterocycles. The molecule has 0 N–H and O–H groups in total. The molecule has 0 aromatic carbocycles. The molecule has 1 aliphatic heterocycles. The minimum Gasteiger partial charge on any atom is -0.424 e. The molecule has 0 unspecified atom stereocenters. The Hall–Kier alpha value is -1.66. The fraction of sp³-hybridized carbons (Fsp3) is 0.533. The van der Waals surface area contributed by atoms with Crippen molar-refractivity contribution in [3.8, 4) is 11.8 Å². The Bertz CT molecular complexity index is 665. The van der Waals surface area contributed by atoms with Gasteiger partial charge in [0.1, 0.15) is 10.9 Å². The van der Waals surface area contributed by atoms with Crippen LogP contribution in [0.15, 0.2) is 18.3 Å². The third kappa shape index (κ3) is 2.94. The fourth-order valence-corrected chi connectivity index (χ4v) is 2.79. The molecule has 22 heavy (non-hydrogen) atoms. The van der Waals surface area contributed by atoms with E-state index in [0.717, 1.165) is 44.7 Å². The van der Waals surface area contributed by atoms with Crippen LogP contribution in [0.3, 0.4) is 0 Å². The van der Waals surface area contributed by atoms with Crippen LogP contribution in [0, 0.1) is 0 Å². The Kier molecular flexibility index (Phi) is 3.72. The van der Waals surface area contributed by atoms with Gasteiger partial charge in [-0.2, -0.15) is 10.1 Å². The molecule has 0 amide bonds. The van der Waals surface area contributed by atoms with Crippen LogP contribution in [0.1, 0.15) is 43.5 Å². The SMILES string of the molecule is Clc1cc(Oc2nc(C3CC3)nn2C2CCOCC2)ccn1. The Morgan fingerprint density at radius 3 is 2.77 bits per heavy atom. The van der Waals surface area contributed by atoms with E-state index in [0.29, 0.717) is 22.8 Å². The fourth-order valence-electron chi connectivity index (χ4n) is 2.63. The summed E-state index contributed by atoms with van der Waals surface area (Å²) in [6, 6.07) is 4.27. The minimum absolute atomic E-state index is 0.279. The lowest BCUT2D eigenvalue weighted by atomic mass is 10.1. The first-order valence-electron chi connectivity index (χ1n) is 7.63. The number of halogens is 1. The molecule has 0 spiro atoms. The Balaban J connectivity index is 1.63. The summed E-state index contributed by atoms with van der Waals surface area (Å²) in [5.41, 5.74) is 0. The number of ether oxygens (including phenoxy) is 2. The highest BCUT2D eigenvalue weighted by atomic mass is 35.5. The monoisotopic (exact) mass is 320 g/mol. The minimum atomic E-state index is 0.279. The molecule has 2 aromatic rings. The van der Waals surface area contributed by atoms with Gasteiger partial charge >= 0.3 is 6.01 Å². The third-order valence-electron chi connectivity index (χ3n) is 4.00. The summed E-state index contributed by atoms with van der Waals surface area (Å²) in [5.74, 6) is 2.01. The quantitative estimate of drug-likeness (QED) is 0.808. The van der Waals surface area contributed by atoms with E-state index in [-0.39, 0.29) is 6.04 Å². The average molecular weight is 321 g/mol. The Morgan fingerprint density at radius 1 is 1.23 bits per heavy atom. The van der Waals surface area contributed by atoms with Gasteiger partial charge in [0.2, 0.25) is 0 Å². The zero-order chi connectivity index (χ0) is 14.9. The molecule has 2 aromatic heterocycles. The standard InChI is InChI=1S/C15H17ClN4O2/c16-13-9-12(3-6-17-13)22-15-18-14(10-1-2-10)19-20(15)11-4-7-21-8-5-11/h3,6,9-11H,1-2,4-5,7-8H2. The van der Waals surface area contributed by atoms with Gasteiger partial charge in [-0.3, -0.25) is 0 Å². The summed E-state index contributed by atoms with van der Waals surface area (Å²) in [7, 11) is 0. The normalized spacial score (nSPS) is 19.3. The summed E-state index contributed by atoms with van der Waals surface area (Å²) in [6.07, 6.45) is 5.81. The average Bonchev–Trinajstić information content (AvgIpc) is 3.30. The van der Waals surface area contributed by atoms with E-state index in [2.05, 4.69) is 9.97 Å². The van der Waals surface area contributed by atoms with Crippen molar-refractivity contribution in [3.05, 3.63) is 29.3 Å². The lowest BCUT2D eigenvalue weighted by Crippen LogP contribution is -2.21. The molecule has 7 heteroatoms. The molecule has 116 valence electrons. The molecule has 0 radical (unpaired) electrons. The second kappa shape index (κ2) is 5.85. The highest BCUT2D eigenvalue weighted by molar-refractivity contribution is 6.29. The molecule has 0 bridgehead atoms. The molecule has 4 rings (SSSR count). The lowest BCUT2D eigenvalue weighted by Gasteiger charge is -2.23. The predicted molar refractivity (Wildman–Crippen MR) is 80.4 cm³/mol. The molecule has 2 fully saturated rings. The first-order chi connectivity index (χ1) is 10.8. The van der Waals surface area contributed by atoms with Crippen LogP contribution in [0.2, 0.25) is 5.15 Å². The first-order valence-corrected chi connectivity index (χ1v) is 8.01. The molecule has 2 aliphatic rings. The maximum Gasteiger partial charge on any atom is 0.320 e. The number of hydrogen-bond donors (Lipinski definition) is 0. The van der Waals surface area contributed by atoms with Crippen molar-refractivity contribution in [2.45, 2.75) is 37.6 Å². The number of aromatic nitrogens is 4. The maximum atomic E-state index is 5.93. The maximum absolute atomic E-state index is 5.93. The molecule has 1 saturated carbocycles. The number of pyridine rings is 1. The van der Waals surface area contributed by atoms with Crippen molar-refractivity contribution < 1.29 is 9.47 Å². The van der Waals surface area contributed by atoms with E-state index >= 15 is 0 Å². The van der Waals surface area contributed by atoms with Gasteiger partial charge in [-0.1, -0.05) is 11.6 Å². The van der Waals surface area contributed by atoms with Crippen LogP contribution in [0.5, 0.6) is 11.8 Å². The number of nitrogens with zero attached hydrogens (tertiary/aromatic N) is 4. The number of hydrogen-bond acceptors (Lipinski definition) is 5. The highest BCUT2D eigenvalue weighted by Crippen LogP contribution is 2.40. The molecule has 6 nitrogen and oxygen atoms in total. The third-order valence-corrected chi connectivity index (χ3v) is 4.21. The van der Waals surface area contributed by atoms with Gasteiger partial charge < -0.3 is 9.47 Å². The topological polar surface area (TPSA) is 62.1 Å². The Labute approximate surface area is 133 Å². The molecular formula is C15H17ClN4O2. The van der Waals surface area contributed by atoms with Gasteiger partial charge in [0.15, 0.2) is 5.82 Å². The van der Waals surface area contributed by atoms with Crippen LogP contribution in [-0.2, 0) is 4.74 Å². The van der Waals surface area contributed by atoms with Gasteiger partial charge in [0, 0.05) is 31.4 Å². The van der Waals surface area contributed by atoms with E-state index in [1.54, 1.807) is 18.3 Å². The van der Waals surface area contributed by atoms with E-state index in [1.165, 1.54) is 0 Å². The van der Waals surface area contributed by atoms with Crippen molar-refractivity contribution >= 4 is 11.6 Å². The van der Waals surface area contributed by atoms with Crippen molar-refractivity contribution in [2.24, 2.45) is 0 Å². The van der Waals surface area contributed by atoms with Crippen LogP contribution in [-0.4, -0.2) is 33.0 Å². The summed E-state index contributed by atoms with van der Waals surface area (Å²) in [4.78, 5) is 8.56. The van der Waals surface area contributed by atoms with Gasteiger partial charge in [0.25, 0.3) is 0 Å². The van der Waals surface area contributed by atoms with Crippen LogP contribution in [0.25, 0.3) is 0 Å². The van der Waals surface area contributed by atoms with E-state index in [4.69, 9.17) is 26.2 Å². The summed E-state index contributed by atoms with van der Waals surface area (Å²) < 4.78 is 13.3. The van der Waals surface area contributed by atoms with Gasteiger partial charge in [0.05, 0.1) is 6.04 Å². The van der Waals surface area contributed by atoms with Crippen molar-refractivity contribution in [1.29, 1.82) is 0 Å². The Morgan fingerprint density at radius 2 is 2.05 bits per heavy atom. The molecule has 0 atom stereocenters. The molecular weight excluding hydrogens is 304 g/mol. The van der Waals surface area contributed by atoms with Crippen molar-refractivity contribution in [2.75, 3.05) is 13.2 Å². The second-order valence-electron chi connectivity index (χ2n) is 5.73. The summed E-state index contributed by atoms with van der Waals surface area (Å²) in [5, 5.41) is 5.09. The summed E-state index contributed by atoms with van der Waals surface area (Å²) >= 11 is 5.91. The first kappa shape index (κ1) is 14.0. The van der Waals surface area contributed by atoms with Gasteiger partial charge in [-0.25, -0.2) is 9.67 Å². The van der Waals surface area contributed by atoms with Crippen LogP contribution in [0.4, 0.5) is 0 Å². The van der Waals surface area contributed by atoms with Crippen LogP contribution < -0.4 is 4.74 Å². The summed E-state index contributed by atoms with van der Waals surface area (Å²) in [6.45, 7) is 1.51. The van der Waals surface area contributed by atoms with Crippen molar-refractivity contribution in [1.82, 2.24) is 19.7 Å². The van der Waals surface area contributed by atoms with Crippen molar-refractivity contribution in [3.63, 3.8) is 0 Å². The van der Waals surface area contributed by atoms with Gasteiger partial charge in [-0.15, -0.1) is 0 Å². The van der Waals surface area contributed by atoms with Gasteiger partial charge in [-0.05, 0) is 31.7 Å². The zero-order valence-corrected chi connectivity index (χ0v) is 12.9. The largest absolute Gasteiger partial charge is 0.424 e. The van der Waals surface area contributed by atoms with E-state index < -0.39 is 0 Å². The zero-order valence-electron chi connectivity index (χ0n) is 12.1. The molecule has 3 heterocycles. The predicted octanol–water partition coefficient (Wildman–Crippen LogP) is 3.35. The molecule has 1 aliphatic carbocycles. The highest BCUT2D eigenvalue weighted by Gasteiger charge is 2.31. The van der Waals surface area contributed by atoms with Crippen LogP contribution >= 0.6 is 11.6 Å². The lowest BCUT2D eigenvalue weighted by molar-refractivity contribution is 0.0639. The second-order valence-corrected chi connectivity index (χ2v) is 6.12. The van der Waals surface area contributed by atoms with E-state index in [9.17, 15) is 0 Å². The number of rotatable bonds is 4. The smallest absolute Gasteiger partial charge is 0.320 e. The van der Waals surface area contributed by atoms with E-state index in [1.807, 2.05) is 4.68 Å².